The maximum Gasteiger partial charge on any atom is 0.180 e. The first-order chi connectivity index (χ1) is 8.72. The van der Waals surface area contributed by atoms with Crippen LogP contribution in [0.2, 0.25) is 0 Å². The Morgan fingerprint density at radius 2 is 2.32 bits per heavy atom. The van der Waals surface area contributed by atoms with E-state index in [-0.39, 0.29) is 12.4 Å². The lowest BCUT2D eigenvalue weighted by molar-refractivity contribution is 0.307. The minimum atomic E-state index is 0. The Kier molecular flexibility index (Phi) is 4.54. The Morgan fingerprint density at radius 1 is 1.47 bits per heavy atom. The third-order valence-corrected chi connectivity index (χ3v) is 4.10. The van der Waals surface area contributed by atoms with Gasteiger partial charge in [0, 0.05) is 15.5 Å². The second kappa shape index (κ2) is 5.98. The number of hydrogen-bond donors (Lipinski definition) is 1. The smallest absolute Gasteiger partial charge is 0.180 e. The molecule has 2 N–H and O–H groups in total. The number of ether oxygens (including phenoxy) is 1. The summed E-state index contributed by atoms with van der Waals surface area (Å²) in [6.45, 7) is 2.41. The summed E-state index contributed by atoms with van der Waals surface area (Å²) >= 11 is 5.03. The van der Waals surface area contributed by atoms with Crippen LogP contribution < -0.4 is 15.4 Å². The van der Waals surface area contributed by atoms with E-state index in [9.17, 15) is 0 Å². The molecule has 3 rings (SSSR count). The van der Waals surface area contributed by atoms with Gasteiger partial charge in [-0.2, -0.15) is 0 Å². The molecule has 0 bridgehead atoms. The monoisotopic (exact) mass is 361 g/mol. The van der Waals surface area contributed by atoms with Crippen LogP contribution in [0.5, 0.6) is 5.75 Å². The zero-order chi connectivity index (χ0) is 12.5. The second-order valence-corrected chi connectivity index (χ2v) is 6.11. The number of fused-ring (bicyclic) bond motifs is 1. The van der Waals surface area contributed by atoms with Crippen LogP contribution in [0, 0.1) is 0 Å². The fourth-order valence-corrected chi connectivity index (χ4v) is 3.04. The maximum absolute atomic E-state index is 5.66. The molecule has 1 aliphatic rings. The number of nitrogens with zero attached hydrogens (tertiary/aromatic N) is 2. The van der Waals surface area contributed by atoms with Crippen molar-refractivity contribution >= 4 is 50.5 Å². The zero-order valence-electron chi connectivity index (χ0n) is 10.0. The van der Waals surface area contributed by atoms with Crippen molar-refractivity contribution in [3.05, 3.63) is 33.7 Å². The minimum absolute atomic E-state index is 0. The molecule has 0 spiro atoms. The first kappa shape index (κ1) is 14.4. The molecular formula is C12H13BrClN3OS. The van der Waals surface area contributed by atoms with E-state index in [0.29, 0.717) is 11.7 Å². The van der Waals surface area contributed by atoms with Gasteiger partial charge < -0.3 is 15.4 Å². The highest BCUT2D eigenvalue weighted by atomic mass is 79.9. The van der Waals surface area contributed by atoms with Gasteiger partial charge in [-0.3, -0.25) is 0 Å². The SMILES string of the molecule is Cl.Nc1ncc(CN2CCOc3ccc(Br)cc32)s1. The molecule has 4 nitrogen and oxygen atoms in total. The Balaban J connectivity index is 0.00000133. The lowest BCUT2D eigenvalue weighted by Gasteiger charge is -2.30. The van der Waals surface area contributed by atoms with Gasteiger partial charge in [-0.1, -0.05) is 15.9 Å². The van der Waals surface area contributed by atoms with E-state index in [0.717, 1.165) is 29.0 Å². The minimum Gasteiger partial charge on any atom is -0.490 e. The van der Waals surface area contributed by atoms with E-state index in [1.54, 1.807) is 0 Å². The second-order valence-electron chi connectivity index (χ2n) is 4.05. The van der Waals surface area contributed by atoms with E-state index in [1.165, 1.54) is 16.2 Å². The third kappa shape index (κ3) is 3.13. The Labute approximate surface area is 130 Å². The summed E-state index contributed by atoms with van der Waals surface area (Å²) in [7, 11) is 0. The molecule has 7 heteroatoms. The molecule has 1 aromatic heterocycles. The Morgan fingerprint density at radius 3 is 3.05 bits per heavy atom. The molecular weight excluding hydrogens is 350 g/mol. The van der Waals surface area contributed by atoms with E-state index in [4.69, 9.17) is 10.5 Å². The van der Waals surface area contributed by atoms with Crippen LogP contribution >= 0.6 is 39.7 Å². The van der Waals surface area contributed by atoms with Gasteiger partial charge in [0.1, 0.15) is 12.4 Å². The van der Waals surface area contributed by atoms with E-state index in [1.807, 2.05) is 18.3 Å². The molecule has 19 heavy (non-hydrogen) atoms. The molecule has 0 saturated heterocycles. The van der Waals surface area contributed by atoms with Gasteiger partial charge in [-0.05, 0) is 18.2 Å². The number of benzene rings is 1. The summed E-state index contributed by atoms with van der Waals surface area (Å²) < 4.78 is 6.71. The average Bonchev–Trinajstić information content (AvgIpc) is 2.76. The quantitative estimate of drug-likeness (QED) is 0.890. The molecule has 2 aromatic rings. The molecule has 0 amide bonds. The lowest BCUT2D eigenvalue weighted by Crippen LogP contribution is -2.31. The average molecular weight is 363 g/mol. The standard InChI is InChI=1S/C12H12BrN3OS.ClH/c13-8-1-2-11-10(5-8)16(3-4-17-11)7-9-6-15-12(14)18-9;/h1-2,5-6H,3-4,7H2,(H2,14,15);1H. The molecule has 0 saturated carbocycles. The predicted octanol–water partition coefficient (Wildman–Crippen LogP) is 3.31. The molecule has 0 aliphatic carbocycles. The van der Waals surface area contributed by atoms with Crippen molar-refractivity contribution in [1.29, 1.82) is 0 Å². The summed E-state index contributed by atoms with van der Waals surface area (Å²) in [5, 5.41) is 0.618. The zero-order valence-corrected chi connectivity index (χ0v) is 13.2. The highest BCUT2D eigenvalue weighted by Crippen LogP contribution is 2.35. The van der Waals surface area contributed by atoms with Crippen LogP contribution in [0.3, 0.4) is 0 Å². The highest BCUT2D eigenvalue weighted by molar-refractivity contribution is 9.10. The van der Waals surface area contributed by atoms with Crippen LogP contribution in [0.25, 0.3) is 0 Å². The fourth-order valence-electron chi connectivity index (χ4n) is 1.99. The summed E-state index contributed by atoms with van der Waals surface area (Å²) in [6, 6.07) is 6.07. The summed E-state index contributed by atoms with van der Waals surface area (Å²) in [6.07, 6.45) is 1.84. The van der Waals surface area contributed by atoms with Crippen LogP contribution in [0.15, 0.2) is 28.9 Å². The Bertz CT molecular complexity index is 578. The number of thiazole rings is 1. The number of halogens is 2. The van der Waals surface area contributed by atoms with E-state index >= 15 is 0 Å². The van der Waals surface area contributed by atoms with Crippen molar-refractivity contribution in [2.45, 2.75) is 6.54 Å². The first-order valence-electron chi connectivity index (χ1n) is 5.60. The fraction of sp³-hybridized carbons (Fsp3) is 0.250. The van der Waals surface area contributed by atoms with Crippen LogP contribution in [0.4, 0.5) is 10.8 Å². The van der Waals surface area contributed by atoms with Crippen LogP contribution in [-0.2, 0) is 6.54 Å². The molecule has 0 atom stereocenters. The first-order valence-corrected chi connectivity index (χ1v) is 7.21. The van der Waals surface area contributed by atoms with Gasteiger partial charge >= 0.3 is 0 Å². The molecule has 102 valence electrons. The molecule has 0 radical (unpaired) electrons. The van der Waals surface area contributed by atoms with E-state index < -0.39 is 0 Å². The van der Waals surface area contributed by atoms with Crippen molar-refractivity contribution in [1.82, 2.24) is 4.98 Å². The van der Waals surface area contributed by atoms with Crippen molar-refractivity contribution < 1.29 is 4.74 Å². The predicted molar refractivity (Wildman–Crippen MR) is 84.5 cm³/mol. The molecule has 0 unspecified atom stereocenters. The van der Waals surface area contributed by atoms with Crippen molar-refractivity contribution in [2.75, 3.05) is 23.8 Å². The molecule has 2 heterocycles. The summed E-state index contributed by atoms with van der Waals surface area (Å²) in [5.41, 5.74) is 6.77. The highest BCUT2D eigenvalue weighted by Gasteiger charge is 2.19. The van der Waals surface area contributed by atoms with Crippen LogP contribution in [-0.4, -0.2) is 18.1 Å². The van der Waals surface area contributed by atoms with Crippen LogP contribution in [0.1, 0.15) is 4.88 Å². The number of nitrogen functional groups attached to an aromatic ring is 1. The van der Waals surface area contributed by atoms with Crippen molar-refractivity contribution in [3.63, 3.8) is 0 Å². The number of rotatable bonds is 2. The Hall–Kier alpha value is -0.980. The molecule has 0 fully saturated rings. The normalized spacial score (nSPS) is 13.4. The number of nitrogens with two attached hydrogens (primary N) is 1. The largest absolute Gasteiger partial charge is 0.490 e. The molecule has 1 aliphatic heterocycles. The van der Waals surface area contributed by atoms with Gasteiger partial charge in [-0.25, -0.2) is 4.98 Å². The van der Waals surface area contributed by atoms with Gasteiger partial charge in [-0.15, -0.1) is 23.7 Å². The number of aromatic nitrogens is 1. The van der Waals surface area contributed by atoms with Gasteiger partial charge in [0.25, 0.3) is 0 Å². The van der Waals surface area contributed by atoms with Crippen molar-refractivity contribution in [3.8, 4) is 5.75 Å². The number of hydrogen-bond acceptors (Lipinski definition) is 5. The van der Waals surface area contributed by atoms with E-state index in [2.05, 4.69) is 31.9 Å². The summed E-state index contributed by atoms with van der Waals surface area (Å²) in [4.78, 5) is 7.54. The summed E-state index contributed by atoms with van der Waals surface area (Å²) in [5.74, 6) is 0.932. The van der Waals surface area contributed by atoms with Gasteiger partial charge in [0.2, 0.25) is 0 Å². The third-order valence-electron chi connectivity index (χ3n) is 2.80. The maximum atomic E-state index is 5.66. The molecule has 1 aromatic carbocycles. The number of anilines is 2. The van der Waals surface area contributed by atoms with Gasteiger partial charge in [0.05, 0.1) is 18.8 Å². The lowest BCUT2D eigenvalue weighted by atomic mass is 10.2. The topological polar surface area (TPSA) is 51.4 Å². The van der Waals surface area contributed by atoms with Crippen molar-refractivity contribution in [2.24, 2.45) is 0 Å². The van der Waals surface area contributed by atoms with Gasteiger partial charge in [0.15, 0.2) is 5.13 Å².